The molecule has 1 aliphatic heterocycles. The summed E-state index contributed by atoms with van der Waals surface area (Å²) in [7, 11) is 3.38. The number of nitrogens with zero attached hydrogens (tertiary/aromatic N) is 1. The molecule has 8 heteroatoms. The molecule has 186 valence electrons. The van der Waals surface area contributed by atoms with Gasteiger partial charge in [0.15, 0.2) is 0 Å². The molecule has 1 saturated heterocycles. The zero-order chi connectivity index (χ0) is 23.5. The predicted octanol–water partition coefficient (Wildman–Crippen LogP) is 0.419. The maximum Gasteiger partial charge on any atom is 0.302 e. The van der Waals surface area contributed by atoms with E-state index >= 15 is 0 Å². The molecule has 6 aliphatic rings. The highest BCUT2D eigenvalue weighted by Gasteiger charge is 2.86. The number of carbonyl (C=O) groups is 1. The van der Waals surface area contributed by atoms with Gasteiger partial charge in [-0.1, -0.05) is 6.92 Å². The number of rotatable bonds is 5. The molecular weight excluding hydrogens is 426 g/mol. The topological polar surface area (TPSA) is 109 Å². The smallest absolute Gasteiger partial charge is 0.302 e. The maximum atomic E-state index is 12.5. The summed E-state index contributed by atoms with van der Waals surface area (Å²) in [6, 6.07) is -0.110. The van der Waals surface area contributed by atoms with Crippen molar-refractivity contribution in [3.8, 4) is 0 Å². The Morgan fingerprint density at radius 3 is 2.61 bits per heavy atom. The average Bonchev–Trinajstić information content (AvgIpc) is 3.18. The van der Waals surface area contributed by atoms with Crippen LogP contribution in [0.2, 0.25) is 0 Å². The number of fused-ring (bicyclic) bond motifs is 2. The third-order valence-electron chi connectivity index (χ3n) is 11.1. The van der Waals surface area contributed by atoms with Gasteiger partial charge in [0, 0.05) is 74.7 Å². The quantitative estimate of drug-likeness (QED) is 0.502. The Balaban J connectivity index is 1.59. The molecule has 33 heavy (non-hydrogen) atoms. The molecule has 3 N–H and O–H groups in total. The van der Waals surface area contributed by atoms with E-state index in [-0.39, 0.29) is 47.2 Å². The van der Waals surface area contributed by atoms with Gasteiger partial charge in [0.05, 0.1) is 30.5 Å². The number of hydrogen-bond acceptors (Lipinski definition) is 8. The molecule has 13 atom stereocenters. The molecule has 1 spiro atoms. The fourth-order valence-electron chi connectivity index (χ4n) is 10.8. The molecule has 8 nitrogen and oxygen atoms in total. The van der Waals surface area contributed by atoms with Crippen molar-refractivity contribution in [1.29, 1.82) is 0 Å². The van der Waals surface area contributed by atoms with E-state index in [1.807, 2.05) is 0 Å². The first kappa shape index (κ1) is 22.7. The molecule has 0 aromatic rings. The summed E-state index contributed by atoms with van der Waals surface area (Å²) in [6.45, 7) is 5.69. The second-order valence-corrected chi connectivity index (χ2v) is 11.9. The van der Waals surface area contributed by atoms with Crippen LogP contribution >= 0.6 is 0 Å². The van der Waals surface area contributed by atoms with Crippen molar-refractivity contribution >= 4 is 5.97 Å². The molecular formula is C25H39NO7. The third-order valence-corrected chi connectivity index (χ3v) is 11.1. The highest BCUT2D eigenvalue weighted by atomic mass is 16.5. The lowest BCUT2D eigenvalue weighted by Gasteiger charge is -2.68. The predicted molar refractivity (Wildman–Crippen MR) is 117 cm³/mol. The fraction of sp³-hybridized carbons (Fsp3) is 0.960. The molecule has 0 aromatic carbocycles. The van der Waals surface area contributed by atoms with Crippen LogP contribution in [-0.2, 0) is 19.0 Å². The van der Waals surface area contributed by atoms with Gasteiger partial charge in [-0.25, -0.2) is 0 Å². The lowest BCUT2D eigenvalue weighted by Crippen LogP contribution is -2.76. The number of aliphatic hydroxyl groups excluding tert-OH is 2. The molecule has 6 fully saturated rings. The summed E-state index contributed by atoms with van der Waals surface area (Å²) in [6.07, 6.45) is 0.608. The number of hydrogen-bond donors (Lipinski definition) is 3. The van der Waals surface area contributed by atoms with Crippen LogP contribution in [-0.4, -0.2) is 96.2 Å². The van der Waals surface area contributed by atoms with E-state index in [0.29, 0.717) is 19.4 Å². The molecule has 7 bridgehead atoms. The molecule has 5 aliphatic carbocycles. The molecule has 6 rings (SSSR count). The van der Waals surface area contributed by atoms with Gasteiger partial charge in [-0.05, 0) is 31.7 Å². The summed E-state index contributed by atoms with van der Waals surface area (Å²) in [5.74, 6) is -1.30. The lowest BCUT2D eigenvalue weighted by atomic mass is 9.43. The second kappa shape index (κ2) is 7.14. The fourth-order valence-corrected chi connectivity index (χ4v) is 10.8. The monoisotopic (exact) mass is 465 g/mol. The Bertz CT molecular complexity index is 840. The Morgan fingerprint density at radius 2 is 1.97 bits per heavy atom. The summed E-state index contributed by atoms with van der Waals surface area (Å²) in [4.78, 5) is 14.6. The van der Waals surface area contributed by atoms with Crippen molar-refractivity contribution in [1.82, 2.24) is 4.90 Å². The van der Waals surface area contributed by atoms with Crippen LogP contribution in [0.15, 0.2) is 0 Å². The van der Waals surface area contributed by atoms with Crippen molar-refractivity contribution in [3.05, 3.63) is 0 Å². The van der Waals surface area contributed by atoms with E-state index in [1.165, 1.54) is 6.92 Å². The molecule has 5 saturated carbocycles. The Labute approximate surface area is 195 Å². The highest BCUT2D eigenvalue weighted by Crippen LogP contribution is 2.78. The number of ether oxygens (including phenoxy) is 3. The minimum atomic E-state index is -1.22. The number of methoxy groups -OCH3 is 2. The summed E-state index contributed by atoms with van der Waals surface area (Å²) < 4.78 is 17.5. The van der Waals surface area contributed by atoms with Crippen LogP contribution < -0.4 is 0 Å². The Morgan fingerprint density at radius 1 is 1.21 bits per heavy atom. The van der Waals surface area contributed by atoms with Crippen molar-refractivity contribution in [2.75, 3.05) is 33.9 Å². The van der Waals surface area contributed by atoms with Gasteiger partial charge in [-0.3, -0.25) is 9.69 Å². The zero-order valence-electron chi connectivity index (χ0n) is 20.1. The van der Waals surface area contributed by atoms with Crippen LogP contribution in [0.1, 0.15) is 39.5 Å². The number of esters is 1. The number of aliphatic hydroxyl groups is 3. The van der Waals surface area contributed by atoms with Crippen LogP contribution in [0.25, 0.3) is 0 Å². The van der Waals surface area contributed by atoms with Crippen molar-refractivity contribution in [2.45, 2.75) is 75.6 Å². The van der Waals surface area contributed by atoms with Gasteiger partial charge in [0.1, 0.15) is 6.10 Å². The van der Waals surface area contributed by atoms with Crippen LogP contribution in [0.5, 0.6) is 0 Å². The molecule has 0 amide bonds. The molecule has 0 aromatic heterocycles. The third kappa shape index (κ3) is 2.41. The van der Waals surface area contributed by atoms with Crippen molar-refractivity contribution in [3.63, 3.8) is 0 Å². The van der Waals surface area contributed by atoms with Crippen molar-refractivity contribution in [2.24, 2.45) is 40.4 Å². The lowest BCUT2D eigenvalue weighted by molar-refractivity contribution is -0.274. The van der Waals surface area contributed by atoms with Gasteiger partial charge >= 0.3 is 5.97 Å². The Hall–Kier alpha value is -0.770. The first-order valence-electron chi connectivity index (χ1n) is 12.7. The van der Waals surface area contributed by atoms with E-state index in [2.05, 4.69) is 11.8 Å². The Kier molecular flexibility index (Phi) is 4.91. The molecule has 1 heterocycles. The zero-order valence-corrected chi connectivity index (χ0v) is 20.1. The largest absolute Gasteiger partial charge is 0.462 e. The van der Waals surface area contributed by atoms with E-state index in [9.17, 15) is 20.1 Å². The van der Waals surface area contributed by atoms with Crippen LogP contribution in [0.3, 0.4) is 0 Å². The minimum absolute atomic E-state index is 0.0122. The highest BCUT2D eigenvalue weighted by molar-refractivity contribution is 5.66. The second-order valence-electron chi connectivity index (χ2n) is 11.9. The van der Waals surface area contributed by atoms with E-state index in [1.54, 1.807) is 14.2 Å². The number of carbonyl (C=O) groups excluding carboxylic acids is 1. The molecule has 0 unspecified atom stereocenters. The van der Waals surface area contributed by atoms with Gasteiger partial charge in [-0.15, -0.1) is 0 Å². The molecule has 0 radical (unpaired) electrons. The number of piperidine rings is 1. The summed E-state index contributed by atoms with van der Waals surface area (Å²) >= 11 is 0. The average molecular weight is 466 g/mol. The first-order chi connectivity index (χ1) is 15.7. The van der Waals surface area contributed by atoms with Gasteiger partial charge in [-0.2, -0.15) is 0 Å². The standard InChI is InChI=1S/C25H39NO7/c1-5-26-10-23(11-31-3)7-6-16(28)25-14-8-13-15(32-4)9-24(30,17(14)20(13)33-12(2)27)18(22(25)26)19(29)21(23)25/h13-22,28-30H,5-11H2,1-4H3/t13-,14-,15+,16+,17-,18+,19+,20+,21-,22-,23+,24-,25+/m1/s1. The van der Waals surface area contributed by atoms with E-state index < -0.39 is 35.2 Å². The normalized spacial score (nSPS) is 58.4. The van der Waals surface area contributed by atoms with Gasteiger partial charge < -0.3 is 29.5 Å². The van der Waals surface area contributed by atoms with E-state index in [4.69, 9.17) is 14.2 Å². The van der Waals surface area contributed by atoms with E-state index in [0.717, 1.165) is 25.9 Å². The van der Waals surface area contributed by atoms with Gasteiger partial charge in [0.25, 0.3) is 0 Å². The summed E-state index contributed by atoms with van der Waals surface area (Å²) in [5, 5.41) is 36.4. The van der Waals surface area contributed by atoms with Crippen LogP contribution in [0.4, 0.5) is 0 Å². The minimum Gasteiger partial charge on any atom is -0.462 e. The van der Waals surface area contributed by atoms with Gasteiger partial charge in [0.2, 0.25) is 0 Å². The number of likely N-dealkylation sites (tertiary alicyclic amines) is 1. The van der Waals surface area contributed by atoms with Crippen molar-refractivity contribution < 1.29 is 34.3 Å². The first-order valence-corrected chi connectivity index (χ1v) is 12.7. The SMILES string of the molecule is CCN1C[C@]2(COC)CC[C@H](O)[C@@]34[C@@H]5C[C@H]6[C@H](OC(C)=O)[C@@H]5[C@](O)(C[C@@H]6OC)[C@@H]([C@H](O)[C@H]23)[C@@H]14. The maximum absolute atomic E-state index is 12.5. The summed E-state index contributed by atoms with van der Waals surface area (Å²) in [5.41, 5.74) is -2.04. The van der Waals surface area contributed by atoms with Crippen LogP contribution in [0, 0.1) is 40.4 Å².